The maximum absolute atomic E-state index is 9.15. The summed E-state index contributed by atoms with van der Waals surface area (Å²) in [5.41, 5.74) is 0.854. The van der Waals surface area contributed by atoms with Gasteiger partial charge in [-0.3, -0.25) is 9.98 Å². The van der Waals surface area contributed by atoms with Crippen molar-refractivity contribution in [2.24, 2.45) is 9.98 Å². The molecule has 2 unspecified atom stereocenters. The van der Waals surface area contributed by atoms with Gasteiger partial charge in [-0.05, 0) is 26.1 Å². The van der Waals surface area contributed by atoms with Crippen LogP contribution in [0.5, 0.6) is 0 Å². The molecule has 0 aliphatic carbocycles. The molecule has 2 N–H and O–H groups in total. The van der Waals surface area contributed by atoms with Crippen molar-refractivity contribution in [2.45, 2.75) is 26.1 Å². The molecule has 0 aromatic heterocycles. The van der Waals surface area contributed by atoms with Crippen molar-refractivity contribution in [1.29, 1.82) is 0 Å². The molecule has 0 bridgehead atoms. The SMILES string of the molecule is C=N/C=C(/C)C=NCC(O)C(C)O. The Morgan fingerprint density at radius 2 is 2.15 bits per heavy atom. The largest absolute Gasteiger partial charge is 0.391 e. The standard InChI is InChI=1S/C9H16N2O2/c1-7(4-10-3)5-11-6-9(13)8(2)12/h4-5,8-9,12-13H,3,6H2,1-2H3/b7-4-,11-5?. The van der Waals surface area contributed by atoms with Crippen LogP contribution in [0.2, 0.25) is 0 Å². The summed E-state index contributed by atoms with van der Waals surface area (Å²) < 4.78 is 0. The molecule has 0 saturated heterocycles. The molecule has 0 aliphatic heterocycles. The average Bonchev–Trinajstić information content (AvgIpc) is 2.04. The minimum Gasteiger partial charge on any atom is -0.391 e. The van der Waals surface area contributed by atoms with Gasteiger partial charge < -0.3 is 10.2 Å². The third kappa shape index (κ3) is 6.19. The molecule has 4 heteroatoms. The number of hydrogen-bond donors (Lipinski definition) is 2. The van der Waals surface area contributed by atoms with Gasteiger partial charge in [0.2, 0.25) is 0 Å². The maximum atomic E-state index is 9.15. The van der Waals surface area contributed by atoms with Gasteiger partial charge in [0.1, 0.15) is 0 Å². The van der Waals surface area contributed by atoms with Crippen molar-refractivity contribution in [2.75, 3.05) is 6.54 Å². The summed E-state index contributed by atoms with van der Waals surface area (Å²) in [4.78, 5) is 7.47. The zero-order valence-electron chi connectivity index (χ0n) is 8.01. The summed E-state index contributed by atoms with van der Waals surface area (Å²) in [5, 5.41) is 18.1. The van der Waals surface area contributed by atoms with Gasteiger partial charge in [-0.2, -0.15) is 0 Å². The molecule has 0 heterocycles. The van der Waals surface area contributed by atoms with E-state index in [0.29, 0.717) is 0 Å². The van der Waals surface area contributed by atoms with Gasteiger partial charge in [-0.1, -0.05) is 0 Å². The van der Waals surface area contributed by atoms with E-state index in [1.165, 1.54) is 6.92 Å². The smallest absolute Gasteiger partial charge is 0.0990 e. The molecule has 0 saturated carbocycles. The summed E-state index contributed by atoms with van der Waals surface area (Å²) >= 11 is 0. The number of nitrogens with zero attached hydrogens (tertiary/aromatic N) is 2. The van der Waals surface area contributed by atoms with Crippen LogP contribution >= 0.6 is 0 Å². The first-order valence-electron chi connectivity index (χ1n) is 4.06. The van der Waals surface area contributed by atoms with E-state index in [1.807, 2.05) is 6.92 Å². The summed E-state index contributed by atoms with van der Waals surface area (Å²) in [5.74, 6) is 0. The Morgan fingerprint density at radius 3 is 2.62 bits per heavy atom. The predicted octanol–water partition coefficient (Wildman–Crippen LogP) is 0.403. The van der Waals surface area contributed by atoms with Gasteiger partial charge >= 0.3 is 0 Å². The predicted molar refractivity (Wildman–Crippen MR) is 54.4 cm³/mol. The van der Waals surface area contributed by atoms with Crippen molar-refractivity contribution in [3.05, 3.63) is 11.8 Å². The number of hydrogen-bond acceptors (Lipinski definition) is 4. The Kier molecular flexibility index (Phi) is 6.01. The lowest BCUT2D eigenvalue weighted by Gasteiger charge is -2.09. The van der Waals surface area contributed by atoms with Crippen LogP contribution in [0.3, 0.4) is 0 Å². The van der Waals surface area contributed by atoms with Gasteiger partial charge in [0, 0.05) is 12.4 Å². The molecule has 0 radical (unpaired) electrons. The lowest BCUT2D eigenvalue weighted by atomic mass is 10.2. The van der Waals surface area contributed by atoms with Gasteiger partial charge in [-0.25, -0.2) is 0 Å². The Morgan fingerprint density at radius 1 is 1.54 bits per heavy atom. The summed E-state index contributed by atoms with van der Waals surface area (Å²) in [7, 11) is 0. The lowest BCUT2D eigenvalue weighted by Crippen LogP contribution is -2.25. The van der Waals surface area contributed by atoms with Crippen LogP contribution in [0.15, 0.2) is 21.8 Å². The molecule has 4 nitrogen and oxygen atoms in total. The fourth-order valence-electron chi connectivity index (χ4n) is 0.635. The molecule has 0 aromatic rings. The molecule has 13 heavy (non-hydrogen) atoms. The number of rotatable bonds is 5. The Labute approximate surface area is 78.3 Å². The third-order valence-electron chi connectivity index (χ3n) is 1.44. The Hall–Kier alpha value is -1.00. The normalized spacial score (nSPS) is 17.4. The first-order chi connectivity index (χ1) is 6.07. The van der Waals surface area contributed by atoms with E-state index in [-0.39, 0.29) is 6.54 Å². The molecule has 0 aliphatic rings. The van der Waals surface area contributed by atoms with Crippen LogP contribution in [0, 0.1) is 0 Å². The van der Waals surface area contributed by atoms with E-state index >= 15 is 0 Å². The van der Waals surface area contributed by atoms with Gasteiger partial charge in [0.25, 0.3) is 0 Å². The molecule has 0 aromatic carbocycles. The molecule has 0 rings (SSSR count). The van der Waals surface area contributed by atoms with Crippen molar-refractivity contribution in [3.8, 4) is 0 Å². The fraction of sp³-hybridized carbons (Fsp3) is 0.556. The number of allylic oxidation sites excluding steroid dienone is 1. The van der Waals surface area contributed by atoms with Crippen molar-refractivity contribution < 1.29 is 10.2 Å². The van der Waals surface area contributed by atoms with Gasteiger partial charge in [0.05, 0.1) is 18.8 Å². The first kappa shape index (κ1) is 12.0. The summed E-state index contributed by atoms with van der Waals surface area (Å²) in [6.07, 6.45) is 1.60. The number of aliphatic hydroxyl groups is 2. The van der Waals surface area contributed by atoms with Crippen LogP contribution in [-0.2, 0) is 0 Å². The van der Waals surface area contributed by atoms with E-state index in [4.69, 9.17) is 10.2 Å². The molecule has 0 spiro atoms. The molecule has 2 atom stereocenters. The van der Waals surface area contributed by atoms with E-state index in [2.05, 4.69) is 16.7 Å². The Balaban J connectivity index is 3.87. The summed E-state index contributed by atoms with van der Waals surface area (Å²) in [6, 6.07) is 0. The highest BCUT2D eigenvalue weighted by Gasteiger charge is 2.08. The van der Waals surface area contributed by atoms with Crippen LogP contribution in [0.4, 0.5) is 0 Å². The molecular weight excluding hydrogens is 168 g/mol. The average molecular weight is 184 g/mol. The molecule has 74 valence electrons. The summed E-state index contributed by atoms with van der Waals surface area (Å²) in [6.45, 7) is 6.84. The van der Waals surface area contributed by atoms with Crippen LogP contribution < -0.4 is 0 Å². The molecular formula is C9H16N2O2. The highest BCUT2D eigenvalue weighted by Crippen LogP contribution is 1.93. The maximum Gasteiger partial charge on any atom is 0.0990 e. The molecule has 0 fully saturated rings. The second kappa shape index (κ2) is 6.51. The lowest BCUT2D eigenvalue weighted by molar-refractivity contribution is 0.0378. The van der Waals surface area contributed by atoms with Crippen LogP contribution in [0.1, 0.15) is 13.8 Å². The highest BCUT2D eigenvalue weighted by atomic mass is 16.3. The second-order valence-electron chi connectivity index (χ2n) is 2.86. The Bertz CT molecular complexity index is 210. The fourth-order valence-corrected chi connectivity index (χ4v) is 0.635. The van der Waals surface area contributed by atoms with Crippen LogP contribution in [0.25, 0.3) is 0 Å². The zero-order valence-corrected chi connectivity index (χ0v) is 8.01. The van der Waals surface area contributed by atoms with Crippen molar-refractivity contribution >= 4 is 12.9 Å². The monoisotopic (exact) mass is 184 g/mol. The number of aliphatic hydroxyl groups excluding tert-OH is 2. The van der Waals surface area contributed by atoms with Gasteiger partial charge in [0.15, 0.2) is 0 Å². The zero-order chi connectivity index (χ0) is 10.3. The van der Waals surface area contributed by atoms with Gasteiger partial charge in [-0.15, -0.1) is 0 Å². The highest BCUT2D eigenvalue weighted by molar-refractivity contribution is 5.77. The second-order valence-corrected chi connectivity index (χ2v) is 2.86. The van der Waals surface area contributed by atoms with Crippen LogP contribution in [-0.4, -0.2) is 41.9 Å². The third-order valence-corrected chi connectivity index (χ3v) is 1.44. The minimum atomic E-state index is -0.805. The number of aliphatic imine (C=N–C) groups is 2. The topological polar surface area (TPSA) is 65.2 Å². The van der Waals surface area contributed by atoms with E-state index in [1.54, 1.807) is 12.4 Å². The molecule has 0 amide bonds. The minimum absolute atomic E-state index is 0.194. The van der Waals surface area contributed by atoms with E-state index in [0.717, 1.165) is 5.57 Å². The van der Waals surface area contributed by atoms with Crippen molar-refractivity contribution in [1.82, 2.24) is 0 Å². The van der Waals surface area contributed by atoms with Crippen molar-refractivity contribution in [3.63, 3.8) is 0 Å². The van der Waals surface area contributed by atoms with E-state index < -0.39 is 12.2 Å². The first-order valence-corrected chi connectivity index (χ1v) is 4.06. The van der Waals surface area contributed by atoms with E-state index in [9.17, 15) is 0 Å². The quantitative estimate of drug-likeness (QED) is 0.607.